The molecular weight excluding hydrogens is 310 g/mol. The highest BCUT2D eigenvalue weighted by Gasteiger charge is 2.13. The molecule has 3 aromatic heterocycles. The van der Waals surface area contributed by atoms with E-state index in [1.807, 2.05) is 6.07 Å². The lowest BCUT2D eigenvalue weighted by atomic mass is 10.2. The van der Waals surface area contributed by atoms with Crippen molar-refractivity contribution in [3.63, 3.8) is 0 Å². The van der Waals surface area contributed by atoms with Crippen LogP contribution < -0.4 is 5.73 Å². The van der Waals surface area contributed by atoms with E-state index in [1.165, 1.54) is 0 Å². The molecule has 0 atom stereocenters. The zero-order chi connectivity index (χ0) is 13.2. The van der Waals surface area contributed by atoms with Crippen LogP contribution >= 0.6 is 15.9 Å². The number of anilines is 1. The van der Waals surface area contributed by atoms with E-state index in [2.05, 4.69) is 36.0 Å². The third-order valence-electron chi connectivity index (χ3n) is 2.47. The number of rotatable bonds is 2. The molecule has 0 amide bonds. The van der Waals surface area contributed by atoms with Gasteiger partial charge < -0.3 is 10.3 Å². The summed E-state index contributed by atoms with van der Waals surface area (Å²) in [6.45, 7) is 0. The molecule has 3 aromatic rings. The molecule has 0 aromatic carbocycles. The summed E-state index contributed by atoms with van der Waals surface area (Å²) in [6, 6.07) is 3.59. The molecule has 7 heteroatoms. The molecule has 0 spiro atoms. The van der Waals surface area contributed by atoms with Gasteiger partial charge in [-0.3, -0.25) is 9.97 Å². The summed E-state index contributed by atoms with van der Waals surface area (Å²) in [6.07, 6.45) is 6.51. The first-order valence-corrected chi connectivity index (χ1v) is 6.18. The van der Waals surface area contributed by atoms with Gasteiger partial charge in [0.25, 0.3) is 5.89 Å². The van der Waals surface area contributed by atoms with Crippen molar-refractivity contribution in [1.82, 2.24) is 20.1 Å². The molecule has 3 rings (SSSR count). The molecule has 2 N–H and O–H groups in total. The Hall–Kier alpha value is -2.28. The van der Waals surface area contributed by atoms with Gasteiger partial charge in [0, 0.05) is 28.6 Å². The summed E-state index contributed by atoms with van der Waals surface area (Å²) < 4.78 is 6.06. The van der Waals surface area contributed by atoms with E-state index in [1.54, 1.807) is 30.9 Å². The Balaban J connectivity index is 2.03. The molecule has 6 nitrogen and oxygen atoms in total. The van der Waals surface area contributed by atoms with Crippen LogP contribution in [-0.4, -0.2) is 20.1 Å². The van der Waals surface area contributed by atoms with Gasteiger partial charge in [0.05, 0.1) is 17.4 Å². The quantitative estimate of drug-likeness (QED) is 0.781. The van der Waals surface area contributed by atoms with E-state index in [0.29, 0.717) is 23.0 Å². The molecule has 0 saturated carbocycles. The number of halogens is 1. The Bertz CT molecular complexity index is 727. The van der Waals surface area contributed by atoms with Crippen molar-refractivity contribution in [1.29, 1.82) is 0 Å². The van der Waals surface area contributed by atoms with Gasteiger partial charge in [-0.25, -0.2) is 0 Å². The summed E-state index contributed by atoms with van der Waals surface area (Å²) in [5.74, 6) is 0.815. The second-order valence-electron chi connectivity index (χ2n) is 3.78. The van der Waals surface area contributed by atoms with Crippen LogP contribution in [-0.2, 0) is 0 Å². The first-order chi connectivity index (χ1) is 9.24. The zero-order valence-electron chi connectivity index (χ0n) is 9.62. The molecule has 3 heterocycles. The summed E-state index contributed by atoms with van der Waals surface area (Å²) in [7, 11) is 0. The fraction of sp³-hybridized carbons (Fsp3) is 0. The zero-order valence-corrected chi connectivity index (χ0v) is 11.2. The minimum Gasteiger partial charge on any atom is -0.397 e. The molecule has 0 aliphatic rings. The minimum absolute atomic E-state index is 0.356. The average molecular weight is 318 g/mol. The lowest BCUT2D eigenvalue weighted by Crippen LogP contribution is -1.91. The Labute approximate surface area is 116 Å². The molecule has 0 radical (unpaired) electrons. The molecular formula is C12H8BrN5O. The molecule has 0 fully saturated rings. The van der Waals surface area contributed by atoms with Gasteiger partial charge in [-0.15, -0.1) is 0 Å². The van der Waals surface area contributed by atoms with Crippen molar-refractivity contribution in [3.05, 3.63) is 41.4 Å². The maximum Gasteiger partial charge on any atom is 0.260 e. The van der Waals surface area contributed by atoms with Crippen LogP contribution in [0.3, 0.4) is 0 Å². The van der Waals surface area contributed by atoms with Crippen molar-refractivity contribution in [3.8, 4) is 22.8 Å². The van der Waals surface area contributed by atoms with Crippen LogP contribution in [0.2, 0.25) is 0 Å². The van der Waals surface area contributed by atoms with Crippen molar-refractivity contribution in [2.45, 2.75) is 0 Å². The Morgan fingerprint density at radius 1 is 1.16 bits per heavy atom. The van der Waals surface area contributed by atoms with E-state index < -0.39 is 0 Å². The predicted octanol–water partition coefficient (Wildman–Crippen LogP) is 2.54. The van der Waals surface area contributed by atoms with Gasteiger partial charge in [0.1, 0.15) is 0 Å². The van der Waals surface area contributed by atoms with Gasteiger partial charge in [-0.2, -0.15) is 4.98 Å². The number of aromatic nitrogens is 4. The fourth-order valence-electron chi connectivity index (χ4n) is 1.59. The van der Waals surface area contributed by atoms with Crippen LogP contribution in [0.4, 0.5) is 5.69 Å². The summed E-state index contributed by atoms with van der Waals surface area (Å²) >= 11 is 3.35. The number of hydrogen-bond acceptors (Lipinski definition) is 6. The Kier molecular flexibility index (Phi) is 2.96. The lowest BCUT2D eigenvalue weighted by Gasteiger charge is -1.97. The standard InChI is InChI=1S/C12H8BrN5O/c13-8-3-7(4-16-5-8)11-17-12(19-18-11)9-1-2-15-6-10(9)14/h1-6H,14H2. The highest BCUT2D eigenvalue weighted by Crippen LogP contribution is 2.26. The van der Waals surface area contributed by atoms with Crippen LogP contribution in [0, 0.1) is 0 Å². The second kappa shape index (κ2) is 4.77. The number of pyridine rings is 2. The third-order valence-corrected chi connectivity index (χ3v) is 2.91. The largest absolute Gasteiger partial charge is 0.397 e. The van der Waals surface area contributed by atoms with Crippen molar-refractivity contribution >= 4 is 21.6 Å². The summed E-state index contributed by atoms with van der Waals surface area (Å²) in [4.78, 5) is 12.3. The van der Waals surface area contributed by atoms with E-state index in [9.17, 15) is 0 Å². The van der Waals surface area contributed by atoms with Crippen molar-refractivity contribution in [2.24, 2.45) is 0 Å². The average Bonchev–Trinajstić information content (AvgIpc) is 2.89. The van der Waals surface area contributed by atoms with E-state index in [0.717, 1.165) is 10.0 Å². The van der Waals surface area contributed by atoms with Gasteiger partial charge in [-0.1, -0.05) is 5.16 Å². The van der Waals surface area contributed by atoms with Crippen molar-refractivity contribution < 1.29 is 4.52 Å². The molecule has 0 aliphatic carbocycles. The molecule has 19 heavy (non-hydrogen) atoms. The second-order valence-corrected chi connectivity index (χ2v) is 4.69. The third kappa shape index (κ3) is 2.32. The normalized spacial score (nSPS) is 10.6. The number of nitrogen functional groups attached to an aromatic ring is 1. The summed E-state index contributed by atoms with van der Waals surface area (Å²) in [5, 5.41) is 3.92. The minimum atomic E-state index is 0.356. The first kappa shape index (κ1) is 11.8. The monoisotopic (exact) mass is 317 g/mol. The SMILES string of the molecule is Nc1cnccc1-c1nc(-c2cncc(Br)c2)no1. The van der Waals surface area contributed by atoms with Crippen molar-refractivity contribution in [2.75, 3.05) is 5.73 Å². The Morgan fingerprint density at radius 3 is 2.84 bits per heavy atom. The lowest BCUT2D eigenvalue weighted by molar-refractivity contribution is 0.432. The molecule has 94 valence electrons. The maximum atomic E-state index is 5.81. The van der Waals surface area contributed by atoms with Crippen LogP contribution in [0.1, 0.15) is 0 Å². The smallest absolute Gasteiger partial charge is 0.260 e. The molecule has 0 aliphatic heterocycles. The topological polar surface area (TPSA) is 90.7 Å². The highest BCUT2D eigenvalue weighted by molar-refractivity contribution is 9.10. The van der Waals surface area contributed by atoms with E-state index >= 15 is 0 Å². The molecule has 0 unspecified atom stereocenters. The van der Waals surface area contributed by atoms with Gasteiger partial charge >= 0.3 is 0 Å². The van der Waals surface area contributed by atoms with Crippen LogP contribution in [0.25, 0.3) is 22.8 Å². The number of nitrogens with zero attached hydrogens (tertiary/aromatic N) is 4. The van der Waals surface area contributed by atoms with Gasteiger partial charge in [-0.05, 0) is 28.1 Å². The fourth-order valence-corrected chi connectivity index (χ4v) is 1.95. The van der Waals surface area contributed by atoms with E-state index in [-0.39, 0.29) is 0 Å². The molecule has 0 bridgehead atoms. The number of hydrogen-bond donors (Lipinski definition) is 1. The molecule has 0 saturated heterocycles. The van der Waals surface area contributed by atoms with Gasteiger partial charge in [0.2, 0.25) is 5.82 Å². The number of nitrogens with two attached hydrogens (primary N) is 1. The first-order valence-electron chi connectivity index (χ1n) is 5.38. The van der Waals surface area contributed by atoms with Gasteiger partial charge in [0.15, 0.2) is 0 Å². The summed E-state index contributed by atoms with van der Waals surface area (Å²) in [5.41, 5.74) is 7.73. The maximum absolute atomic E-state index is 5.81. The van der Waals surface area contributed by atoms with E-state index in [4.69, 9.17) is 10.3 Å². The predicted molar refractivity (Wildman–Crippen MR) is 72.9 cm³/mol. The van der Waals surface area contributed by atoms with Crippen LogP contribution in [0.5, 0.6) is 0 Å². The highest BCUT2D eigenvalue weighted by atomic mass is 79.9. The van der Waals surface area contributed by atoms with Crippen LogP contribution in [0.15, 0.2) is 45.9 Å². The Morgan fingerprint density at radius 2 is 2.05 bits per heavy atom.